The number of likely N-dealkylation sites (tertiary alicyclic amines) is 1. The number of halogens is 1. The summed E-state index contributed by atoms with van der Waals surface area (Å²) in [6, 6.07) is 9.49. The van der Waals surface area contributed by atoms with E-state index < -0.39 is 0 Å². The molecular weight excluding hydrogens is 262 g/mol. The second-order valence-corrected chi connectivity index (χ2v) is 5.97. The molecule has 1 atom stereocenters. The van der Waals surface area contributed by atoms with Crippen LogP contribution in [0.4, 0.5) is 0 Å². The zero-order valence-corrected chi connectivity index (χ0v) is 11.7. The molecule has 0 radical (unpaired) electrons. The molecule has 0 aliphatic carbocycles. The van der Waals surface area contributed by atoms with Crippen LogP contribution in [0.1, 0.15) is 32.3 Å². The van der Waals surface area contributed by atoms with Gasteiger partial charge in [-0.2, -0.15) is 0 Å². The van der Waals surface area contributed by atoms with Crippen molar-refractivity contribution in [3.63, 3.8) is 0 Å². The smallest absolute Gasteiger partial charge is 0.0236 e. The Bertz CT molecular complexity index is 331. The Kier molecular flexibility index (Phi) is 4.04. The highest BCUT2D eigenvalue weighted by molar-refractivity contribution is 9.10. The number of hydrogen-bond donors (Lipinski definition) is 0. The zero-order chi connectivity index (χ0) is 11.5. The minimum Gasteiger partial charge on any atom is -0.296 e. The third kappa shape index (κ3) is 2.86. The van der Waals surface area contributed by atoms with E-state index in [0.717, 1.165) is 23.0 Å². The van der Waals surface area contributed by atoms with Gasteiger partial charge >= 0.3 is 0 Å². The minimum atomic E-state index is 0.776. The van der Waals surface area contributed by atoms with Crippen molar-refractivity contribution in [2.75, 3.05) is 6.54 Å². The molecule has 0 amide bonds. The standard InChI is InChI=1S/C14H20BrN/c1-11(2)14-4-3-9-16(14)10-12-5-7-13(15)8-6-12/h5-8,11,14H,3-4,9-10H2,1-2H3. The van der Waals surface area contributed by atoms with E-state index in [0.29, 0.717) is 0 Å². The highest BCUT2D eigenvalue weighted by Gasteiger charge is 2.26. The van der Waals surface area contributed by atoms with Crippen molar-refractivity contribution >= 4 is 15.9 Å². The van der Waals surface area contributed by atoms with E-state index in [-0.39, 0.29) is 0 Å². The number of nitrogens with zero attached hydrogens (tertiary/aromatic N) is 1. The maximum absolute atomic E-state index is 3.48. The summed E-state index contributed by atoms with van der Waals surface area (Å²) < 4.78 is 1.16. The summed E-state index contributed by atoms with van der Waals surface area (Å²) in [5.41, 5.74) is 1.43. The van der Waals surface area contributed by atoms with E-state index in [9.17, 15) is 0 Å². The molecule has 0 aromatic heterocycles. The molecule has 1 aromatic rings. The molecule has 0 saturated carbocycles. The van der Waals surface area contributed by atoms with Crippen LogP contribution in [-0.4, -0.2) is 17.5 Å². The second-order valence-electron chi connectivity index (χ2n) is 5.05. The molecule has 1 heterocycles. The van der Waals surface area contributed by atoms with Crippen molar-refractivity contribution < 1.29 is 0 Å². The van der Waals surface area contributed by atoms with Crippen LogP contribution in [0, 0.1) is 5.92 Å². The van der Waals surface area contributed by atoms with Crippen LogP contribution < -0.4 is 0 Å². The maximum Gasteiger partial charge on any atom is 0.0236 e. The van der Waals surface area contributed by atoms with Crippen molar-refractivity contribution in [2.45, 2.75) is 39.3 Å². The first-order valence-electron chi connectivity index (χ1n) is 6.15. The first-order valence-corrected chi connectivity index (χ1v) is 6.94. The van der Waals surface area contributed by atoms with Gasteiger partial charge in [0.2, 0.25) is 0 Å². The normalized spacial score (nSPS) is 21.9. The molecule has 88 valence electrons. The van der Waals surface area contributed by atoms with Crippen molar-refractivity contribution in [1.29, 1.82) is 0 Å². The Hall–Kier alpha value is -0.340. The van der Waals surface area contributed by atoms with Crippen LogP contribution in [0.15, 0.2) is 28.7 Å². The average molecular weight is 282 g/mol. The topological polar surface area (TPSA) is 3.24 Å². The van der Waals surface area contributed by atoms with Gasteiger partial charge < -0.3 is 0 Å². The van der Waals surface area contributed by atoms with Crippen molar-refractivity contribution in [3.05, 3.63) is 34.3 Å². The fourth-order valence-corrected chi connectivity index (χ4v) is 2.89. The molecule has 1 nitrogen and oxygen atoms in total. The van der Waals surface area contributed by atoms with Crippen LogP contribution in [0.5, 0.6) is 0 Å². The van der Waals surface area contributed by atoms with Crippen LogP contribution in [0.25, 0.3) is 0 Å². The lowest BCUT2D eigenvalue weighted by atomic mass is 10.0. The van der Waals surface area contributed by atoms with Gasteiger partial charge in [0.25, 0.3) is 0 Å². The largest absolute Gasteiger partial charge is 0.296 e. The van der Waals surface area contributed by atoms with E-state index in [1.165, 1.54) is 24.9 Å². The van der Waals surface area contributed by atoms with Crippen LogP contribution in [0.3, 0.4) is 0 Å². The van der Waals surface area contributed by atoms with E-state index in [4.69, 9.17) is 0 Å². The van der Waals surface area contributed by atoms with Gasteiger partial charge in [-0.25, -0.2) is 0 Å². The Labute approximate surface area is 107 Å². The van der Waals surface area contributed by atoms with Gasteiger partial charge in [0.1, 0.15) is 0 Å². The Morgan fingerprint density at radius 3 is 2.62 bits per heavy atom. The van der Waals surface area contributed by atoms with Gasteiger partial charge in [-0.15, -0.1) is 0 Å². The van der Waals surface area contributed by atoms with Gasteiger partial charge in [-0.1, -0.05) is 41.9 Å². The third-order valence-electron chi connectivity index (χ3n) is 3.48. The first-order chi connectivity index (χ1) is 7.66. The van der Waals surface area contributed by atoms with E-state index in [1.807, 2.05) is 0 Å². The summed E-state index contributed by atoms with van der Waals surface area (Å²) in [6.07, 6.45) is 2.73. The molecule has 1 fully saturated rings. The Balaban J connectivity index is 2.01. The molecule has 1 saturated heterocycles. The number of hydrogen-bond acceptors (Lipinski definition) is 1. The van der Waals surface area contributed by atoms with Gasteiger partial charge in [0.15, 0.2) is 0 Å². The molecule has 2 heteroatoms. The lowest BCUT2D eigenvalue weighted by Gasteiger charge is -2.27. The first kappa shape index (κ1) is 12.1. The Morgan fingerprint density at radius 2 is 2.00 bits per heavy atom. The van der Waals surface area contributed by atoms with E-state index in [1.54, 1.807) is 0 Å². The number of rotatable bonds is 3. The maximum atomic E-state index is 3.48. The highest BCUT2D eigenvalue weighted by Crippen LogP contribution is 2.25. The summed E-state index contributed by atoms with van der Waals surface area (Å²) in [4.78, 5) is 2.63. The average Bonchev–Trinajstić information content (AvgIpc) is 2.69. The van der Waals surface area contributed by atoms with Crippen molar-refractivity contribution in [1.82, 2.24) is 4.90 Å². The van der Waals surface area contributed by atoms with Crippen molar-refractivity contribution in [2.24, 2.45) is 5.92 Å². The lowest BCUT2D eigenvalue weighted by molar-refractivity contribution is 0.199. The van der Waals surface area contributed by atoms with Gasteiger partial charge in [0.05, 0.1) is 0 Å². The quantitative estimate of drug-likeness (QED) is 0.807. The fourth-order valence-electron chi connectivity index (χ4n) is 2.63. The minimum absolute atomic E-state index is 0.776. The summed E-state index contributed by atoms with van der Waals surface area (Å²) >= 11 is 3.48. The summed E-state index contributed by atoms with van der Waals surface area (Å²) in [6.45, 7) is 7.05. The van der Waals surface area contributed by atoms with E-state index in [2.05, 4.69) is 58.9 Å². The zero-order valence-electron chi connectivity index (χ0n) is 10.1. The summed E-state index contributed by atoms with van der Waals surface area (Å²) in [5, 5.41) is 0. The van der Waals surface area contributed by atoms with Crippen LogP contribution in [-0.2, 0) is 6.54 Å². The molecule has 1 unspecified atom stereocenters. The van der Waals surface area contributed by atoms with Crippen molar-refractivity contribution in [3.8, 4) is 0 Å². The summed E-state index contributed by atoms with van der Waals surface area (Å²) in [7, 11) is 0. The van der Waals surface area contributed by atoms with Gasteiger partial charge in [0, 0.05) is 17.1 Å². The molecule has 1 aliphatic heterocycles. The molecule has 1 aliphatic rings. The van der Waals surface area contributed by atoms with Crippen LogP contribution >= 0.6 is 15.9 Å². The molecular formula is C14H20BrN. The van der Waals surface area contributed by atoms with Crippen LogP contribution in [0.2, 0.25) is 0 Å². The highest BCUT2D eigenvalue weighted by atomic mass is 79.9. The van der Waals surface area contributed by atoms with Gasteiger partial charge in [-0.05, 0) is 43.0 Å². The summed E-state index contributed by atoms with van der Waals surface area (Å²) in [5.74, 6) is 0.776. The molecule has 0 N–H and O–H groups in total. The predicted molar refractivity (Wildman–Crippen MR) is 72.4 cm³/mol. The molecule has 0 spiro atoms. The monoisotopic (exact) mass is 281 g/mol. The van der Waals surface area contributed by atoms with Gasteiger partial charge in [-0.3, -0.25) is 4.90 Å². The lowest BCUT2D eigenvalue weighted by Crippen LogP contribution is -2.32. The fraction of sp³-hybridized carbons (Fsp3) is 0.571. The van der Waals surface area contributed by atoms with E-state index >= 15 is 0 Å². The second kappa shape index (κ2) is 5.33. The third-order valence-corrected chi connectivity index (χ3v) is 4.01. The molecule has 1 aromatic carbocycles. The SMILES string of the molecule is CC(C)C1CCCN1Cc1ccc(Br)cc1. The molecule has 2 rings (SSSR count). The Morgan fingerprint density at radius 1 is 1.31 bits per heavy atom. The predicted octanol–water partition coefficient (Wildman–Crippen LogP) is 4.07. The molecule has 16 heavy (non-hydrogen) atoms. The molecule has 0 bridgehead atoms. The number of benzene rings is 1.